The molecule has 0 atom stereocenters. The first-order valence-corrected chi connectivity index (χ1v) is 5.82. The summed E-state index contributed by atoms with van der Waals surface area (Å²) in [5.74, 6) is 0.198. The van der Waals surface area contributed by atoms with Crippen molar-refractivity contribution in [3.8, 4) is 5.75 Å². The lowest BCUT2D eigenvalue weighted by Crippen LogP contribution is -2.00. The zero-order chi connectivity index (χ0) is 13.7. The molecule has 2 aromatic carbocycles. The molecule has 0 aliphatic carbocycles. The molecule has 0 aliphatic rings. The van der Waals surface area contributed by atoms with Gasteiger partial charge in [-0.1, -0.05) is 30.9 Å². The first kappa shape index (κ1) is 13.0. The van der Waals surface area contributed by atoms with Crippen LogP contribution in [0, 0.1) is 5.82 Å². The monoisotopic (exact) mass is 256 g/mol. The molecule has 19 heavy (non-hydrogen) atoms. The van der Waals surface area contributed by atoms with Gasteiger partial charge in [-0.05, 0) is 35.4 Å². The average Bonchev–Trinajstić information content (AvgIpc) is 2.46. The lowest BCUT2D eigenvalue weighted by atomic mass is 10.1. The van der Waals surface area contributed by atoms with E-state index in [4.69, 9.17) is 4.74 Å². The molecule has 0 saturated heterocycles. The molecule has 96 valence electrons. The zero-order valence-electron chi connectivity index (χ0n) is 10.3. The van der Waals surface area contributed by atoms with Gasteiger partial charge in [0.15, 0.2) is 6.29 Å². The zero-order valence-corrected chi connectivity index (χ0v) is 10.3. The average molecular weight is 256 g/mol. The summed E-state index contributed by atoms with van der Waals surface area (Å²) < 4.78 is 18.7. The van der Waals surface area contributed by atoms with Crippen LogP contribution in [-0.2, 0) is 6.61 Å². The van der Waals surface area contributed by atoms with Crippen molar-refractivity contribution in [2.24, 2.45) is 0 Å². The van der Waals surface area contributed by atoms with Gasteiger partial charge in [0.2, 0.25) is 0 Å². The minimum absolute atomic E-state index is 0.256. The SMILES string of the molecule is C=Cc1cc(F)ccc1COc1ccccc1C=O. The normalized spacial score (nSPS) is 9.95. The van der Waals surface area contributed by atoms with Crippen LogP contribution in [0.25, 0.3) is 6.08 Å². The highest BCUT2D eigenvalue weighted by Gasteiger charge is 2.05. The topological polar surface area (TPSA) is 26.3 Å². The summed E-state index contributed by atoms with van der Waals surface area (Å²) in [7, 11) is 0. The standard InChI is InChI=1S/C16H13FO2/c1-2-12-9-15(17)8-7-14(12)11-19-16-6-4-3-5-13(16)10-18/h2-10H,1,11H2. The van der Waals surface area contributed by atoms with Gasteiger partial charge in [-0.3, -0.25) is 4.79 Å². The maximum atomic E-state index is 13.1. The molecule has 0 fully saturated rings. The highest BCUT2D eigenvalue weighted by atomic mass is 19.1. The molecular weight excluding hydrogens is 243 g/mol. The number of rotatable bonds is 5. The number of halogens is 1. The molecule has 0 unspecified atom stereocenters. The van der Waals surface area contributed by atoms with Crippen LogP contribution >= 0.6 is 0 Å². The van der Waals surface area contributed by atoms with E-state index in [9.17, 15) is 9.18 Å². The Kier molecular flexibility index (Phi) is 4.08. The first-order chi connectivity index (χ1) is 9.24. The second-order valence-corrected chi connectivity index (χ2v) is 3.99. The Hall–Kier alpha value is -2.42. The fourth-order valence-electron chi connectivity index (χ4n) is 1.75. The summed E-state index contributed by atoms with van der Waals surface area (Å²) in [6.45, 7) is 3.90. The summed E-state index contributed by atoms with van der Waals surface area (Å²) in [5.41, 5.74) is 1.99. The van der Waals surface area contributed by atoms with Crippen molar-refractivity contribution in [3.05, 3.63) is 71.6 Å². The number of para-hydroxylation sites is 1. The van der Waals surface area contributed by atoms with Gasteiger partial charge in [0.05, 0.1) is 5.56 Å². The van der Waals surface area contributed by atoms with Crippen LogP contribution in [0.2, 0.25) is 0 Å². The maximum absolute atomic E-state index is 13.1. The van der Waals surface area contributed by atoms with Crippen molar-refractivity contribution < 1.29 is 13.9 Å². The summed E-state index contributed by atoms with van der Waals surface area (Å²) in [5, 5.41) is 0. The molecule has 0 radical (unpaired) electrons. The number of ether oxygens (including phenoxy) is 1. The maximum Gasteiger partial charge on any atom is 0.153 e. The van der Waals surface area contributed by atoms with E-state index in [1.165, 1.54) is 12.1 Å². The van der Waals surface area contributed by atoms with E-state index in [1.807, 2.05) is 0 Å². The largest absolute Gasteiger partial charge is 0.488 e. The fraction of sp³-hybridized carbons (Fsp3) is 0.0625. The van der Waals surface area contributed by atoms with Crippen molar-refractivity contribution in [2.45, 2.75) is 6.61 Å². The minimum atomic E-state index is -0.313. The Morgan fingerprint density at radius 2 is 1.95 bits per heavy atom. The number of hydrogen-bond donors (Lipinski definition) is 0. The molecule has 0 N–H and O–H groups in total. The second-order valence-electron chi connectivity index (χ2n) is 3.99. The highest BCUT2D eigenvalue weighted by Crippen LogP contribution is 2.19. The van der Waals surface area contributed by atoms with Crippen LogP contribution in [0.5, 0.6) is 5.75 Å². The highest BCUT2D eigenvalue weighted by molar-refractivity contribution is 5.79. The van der Waals surface area contributed by atoms with Gasteiger partial charge in [-0.2, -0.15) is 0 Å². The molecule has 2 aromatic rings. The van der Waals surface area contributed by atoms with E-state index in [0.29, 0.717) is 16.9 Å². The third-order valence-corrected chi connectivity index (χ3v) is 2.76. The van der Waals surface area contributed by atoms with Gasteiger partial charge in [-0.15, -0.1) is 0 Å². The molecule has 2 nitrogen and oxygen atoms in total. The smallest absolute Gasteiger partial charge is 0.153 e. The van der Waals surface area contributed by atoms with Gasteiger partial charge in [0.1, 0.15) is 18.2 Å². The molecule has 0 bridgehead atoms. The summed E-state index contributed by atoms with van der Waals surface area (Å²) in [4.78, 5) is 10.9. The van der Waals surface area contributed by atoms with Crippen LogP contribution in [0.3, 0.4) is 0 Å². The summed E-state index contributed by atoms with van der Waals surface area (Å²) in [6, 6.07) is 11.4. The van der Waals surface area contributed by atoms with E-state index < -0.39 is 0 Å². The Morgan fingerprint density at radius 3 is 2.68 bits per heavy atom. The summed E-state index contributed by atoms with van der Waals surface area (Å²) in [6.07, 6.45) is 2.32. The molecular formula is C16H13FO2. The van der Waals surface area contributed by atoms with Crippen LogP contribution in [0.15, 0.2) is 49.0 Å². The predicted octanol–water partition coefficient (Wildman–Crippen LogP) is 3.86. The Bertz CT molecular complexity index is 605. The third kappa shape index (κ3) is 3.07. The van der Waals surface area contributed by atoms with Crippen LogP contribution in [-0.4, -0.2) is 6.29 Å². The third-order valence-electron chi connectivity index (χ3n) is 2.76. The predicted molar refractivity (Wildman–Crippen MR) is 72.7 cm³/mol. The van der Waals surface area contributed by atoms with Crippen molar-refractivity contribution >= 4 is 12.4 Å². The molecule has 0 amide bonds. The van der Waals surface area contributed by atoms with Crippen molar-refractivity contribution in [1.82, 2.24) is 0 Å². The van der Waals surface area contributed by atoms with Crippen molar-refractivity contribution in [1.29, 1.82) is 0 Å². The Balaban J connectivity index is 2.19. The van der Waals surface area contributed by atoms with Gasteiger partial charge in [-0.25, -0.2) is 4.39 Å². The van der Waals surface area contributed by atoms with E-state index in [1.54, 1.807) is 36.4 Å². The number of carbonyl (C=O) groups excluding carboxylic acids is 1. The molecule has 3 heteroatoms. The number of aldehydes is 1. The van der Waals surface area contributed by atoms with Crippen LogP contribution < -0.4 is 4.74 Å². The molecule has 0 aliphatic heterocycles. The lowest BCUT2D eigenvalue weighted by molar-refractivity contribution is 0.111. The molecule has 0 heterocycles. The van der Waals surface area contributed by atoms with Crippen LogP contribution in [0.1, 0.15) is 21.5 Å². The van der Waals surface area contributed by atoms with E-state index in [-0.39, 0.29) is 12.4 Å². The second kappa shape index (κ2) is 5.96. The molecule has 0 saturated carbocycles. The molecule has 0 aromatic heterocycles. The van der Waals surface area contributed by atoms with Crippen LogP contribution in [0.4, 0.5) is 4.39 Å². The van der Waals surface area contributed by atoms with E-state index >= 15 is 0 Å². The molecule has 2 rings (SSSR count). The van der Waals surface area contributed by atoms with Crippen molar-refractivity contribution in [2.75, 3.05) is 0 Å². The Labute approximate surface area is 111 Å². The van der Waals surface area contributed by atoms with Gasteiger partial charge >= 0.3 is 0 Å². The fourth-order valence-corrected chi connectivity index (χ4v) is 1.75. The van der Waals surface area contributed by atoms with E-state index in [2.05, 4.69) is 6.58 Å². The number of hydrogen-bond acceptors (Lipinski definition) is 2. The van der Waals surface area contributed by atoms with E-state index in [0.717, 1.165) is 11.8 Å². The summed E-state index contributed by atoms with van der Waals surface area (Å²) >= 11 is 0. The van der Waals surface area contributed by atoms with Crippen molar-refractivity contribution in [3.63, 3.8) is 0 Å². The van der Waals surface area contributed by atoms with Gasteiger partial charge in [0.25, 0.3) is 0 Å². The van der Waals surface area contributed by atoms with Gasteiger partial charge < -0.3 is 4.74 Å². The quantitative estimate of drug-likeness (QED) is 0.759. The Morgan fingerprint density at radius 1 is 1.16 bits per heavy atom. The lowest BCUT2D eigenvalue weighted by Gasteiger charge is -2.10. The number of benzene rings is 2. The first-order valence-electron chi connectivity index (χ1n) is 5.82. The minimum Gasteiger partial charge on any atom is -0.488 e. The van der Waals surface area contributed by atoms with Gasteiger partial charge in [0, 0.05) is 0 Å². The number of carbonyl (C=O) groups is 1. The molecule has 0 spiro atoms.